The fourth-order valence-electron chi connectivity index (χ4n) is 3.49. The van der Waals surface area contributed by atoms with Crippen LogP contribution in [0.3, 0.4) is 0 Å². The number of nitrogens with zero attached hydrogens (tertiary/aromatic N) is 2. The first-order valence-corrected chi connectivity index (χ1v) is 8.31. The molecule has 1 aliphatic rings. The van der Waals surface area contributed by atoms with Crippen molar-refractivity contribution in [3.8, 4) is 22.5 Å². The number of rotatable bonds is 2. The molecule has 0 amide bonds. The molecular formula is C20H19N2O2+. The van der Waals surface area contributed by atoms with Crippen molar-refractivity contribution in [3.05, 3.63) is 77.0 Å². The van der Waals surface area contributed by atoms with Crippen LogP contribution in [0.2, 0.25) is 0 Å². The molecule has 0 saturated carbocycles. The summed E-state index contributed by atoms with van der Waals surface area (Å²) in [6.07, 6.45) is 3.40. The van der Waals surface area contributed by atoms with Crippen LogP contribution in [-0.4, -0.2) is 9.94 Å². The number of hydrogen-bond acceptors (Lipinski definition) is 2. The van der Waals surface area contributed by atoms with Crippen molar-refractivity contribution in [2.45, 2.75) is 25.7 Å². The van der Waals surface area contributed by atoms with Gasteiger partial charge in [-0.25, -0.2) is 0 Å². The highest BCUT2D eigenvalue weighted by Crippen LogP contribution is 2.32. The molecule has 1 aromatic heterocycles. The first kappa shape index (κ1) is 14.7. The lowest BCUT2D eigenvalue weighted by Gasteiger charge is -2.17. The van der Waals surface area contributed by atoms with E-state index in [1.165, 1.54) is 4.73 Å². The van der Waals surface area contributed by atoms with E-state index >= 15 is 0 Å². The molecule has 1 aliphatic carbocycles. The molecule has 0 aliphatic heterocycles. The van der Waals surface area contributed by atoms with Crippen LogP contribution in [0.25, 0.3) is 22.5 Å². The predicted molar refractivity (Wildman–Crippen MR) is 92.5 cm³/mol. The van der Waals surface area contributed by atoms with Crippen molar-refractivity contribution in [1.82, 2.24) is 4.73 Å². The Morgan fingerprint density at radius 3 is 2.08 bits per heavy atom. The number of benzene rings is 2. The monoisotopic (exact) mass is 319 g/mol. The lowest BCUT2D eigenvalue weighted by Crippen LogP contribution is -2.33. The summed E-state index contributed by atoms with van der Waals surface area (Å²) in [4.78, 5) is 13.2. The SMILES string of the molecule is O=[n+]1c2c(n(O)c(-c3ccccc3)c1-c1ccccc1)CCCC2. The Kier molecular flexibility index (Phi) is 3.65. The molecule has 4 heteroatoms. The Morgan fingerprint density at radius 1 is 0.833 bits per heavy atom. The van der Waals surface area contributed by atoms with Gasteiger partial charge < -0.3 is 5.21 Å². The molecule has 4 rings (SSSR count). The van der Waals surface area contributed by atoms with Crippen molar-refractivity contribution in [2.75, 3.05) is 0 Å². The molecule has 2 aromatic carbocycles. The highest BCUT2D eigenvalue weighted by atomic mass is 16.5. The van der Waals surface area contributed by atoms with Crippen molar-refractivity contribution in [2.24, 2.45) is 0 Å². The number of fused-ring (bicyclic) bond motifs is 1. The largest absolute Gasteiger partial charge is 0.428 e. The molecule has 24 heavy (non-hydrogen) atoms. The maximum absolute atomic E-state index is 13.2. The molecule has 4 nitrogen and oxygen atoms in total. The van der Waals surface area contributed by atoms with E-state index in [-0.39, 0.29) is 0 Å². The fourth-order valence-corrected chi connectivity index (χ4v) is 3.49. The zero-order valence-corrected chi connectivity index (χ0v) is 13.4. The van der Waals surface area contributed by atoms with E-state index in [0.29, 0.717) is 23.5 Å². The molecule has 0 saturated heterocycles. The second kappa shape index (κ2) is 5.96. The third-order valence-electron chi connectivity index (χ3n) is 4.64. The highest BCUT2D eigenvalue weighted by molar-refractivity contribution is 5.76. The van der Waals surface area contributed by atoms with Gasteiger partial charge in [-0.3, -0.25) is 0 Å². The molecule has 3 aromatic rings. The highest BCUT2D eigenvalue weighted by Gasteiger charge is 2.32. The molecule has 0 bridgehead atoms. The van der Waals surface area contributed by atoms with Crippen LogP contribution in [0, 0.1) is 4.91 Å². The van der Waals surface area contributed by atoms with E-state index < -0.39 is 0 Å². The minimum absolute atomic E-state index is 0.505. The molecule has 1 heterocycles. The van der Waals surface area contributed by atoms with Crippen LogP contribution < -0.4 is 4.43 Å². The third kappa shape index (κ3) is 2.31. The Bertz CT molecular complexity index is 931. The van der Waals surface area contributed by atoms with Crippen molar-refractivity contribution in [1.29, 1.82) is 0 Å². The van der Waals surface area contributed by atoms with Crippen LogP contribution in [0.4, 0.5) is 0 Å². The molecule has 0 fully saturated rings. The zero-order valence-electron chi connectivity index (χ0n) is 13.4. The molecular weight excluding hydrogens is 300 g/mol. The van der Waals surface area contributed by atoms with Gasteiger partial charge in [0.15, 0.2) is 5.69 Å². The van der Waals surface area contributed by atoms with Crippen LogP contribution >= 0.6 is 0 Å². The second-order valence-corrected chi connectivity index (χ2v) is 6.14. The normalized spacial score (nSPS) is 13.5. The minimum Gasteiger partial charge on any atom is -0.428 e. The third-order valence-corrected chi connectivity index (χ3v) is 4.64. The first-order valence-electron chi connectivity index (χ1n) is 8.31. The standard InChI is InChI=1S/C20H19N2O2/c23-21-17-13-7-8-14-18(17)22(24)20(16-11-5-2-6-12-16)19(21)15-9-3-1-4-10-15/h1-6,9-12,23H,7-8,13-14H2/q+1. The molecule has 0 unspecified atom stereocenters. The maximum Gasteiger partial charge on any atom is 0.297 e. The Morgan fingerprint density at radius 2 is 1.42 bits per heavy atom. The van der Waals surface area contributed by atoms with Gasteiger partial charge in [0, 0.05) is 16.9 Å². The van der Waals surface area contributed by atoms with Crippen molar-refractivity contribution < 1.29 is 9.63 Å². The molecule has 1 N–H and O–H groups in total. The van der Waals surface area contributed by atoms with Gasteiger partial charge in [-0.2, -0.15) is 4.73 Å². The van der Waals surface area contributed by atoms with E-state index in [2.05, 4.69) is 0 Å². The summed E-state index contributed by atoms with van der Waals surface area (Å²) in [5.41, 5.74) is 4.11. The van der Waals surface area contributed by atoms with Crippen LogP contribution in [0.1, 0.15) is 24.2 Å². The number of aromatic nitrogens is 2. The summed E-state index contributed by atoms with van der Waals surface area (Å²) in [6.45, 7) is 0. The van der Waals surface area contributed by atoms with Gasteiger partial charge in [-0.15, -0.1) is 0 Å². The average molecular weight is 319 g/mol. The minimum atomic E-state index is 0.505. The Hall–Kier alpha value is -2.88. The van der Waals surface area contributed by atoms with E-state index in [9.17, 15) is 10.1 Å². The first-order chi connectivity index (χ1) is 11.8. The Labute approximate surface area is 140 Å². The van der Waals surface area contributed by atoms with Crippen molar-refractivity contribution in [3.63, 3.8) is 0 Å². The van der Waals surface area contributed by atoms with Gasteiger partial charge in [-0.1, -0.05) is 48.5 Å². The molecule has 0 atom stereocenters. The van der Waals surface area contributed by atoms with Gasteiger partial charge in [0.25, 0.3) is 11.4 Å². The topological polar surface area (TPSA) is 48.1 Å². The number of hydrogen-bond donors (Lipinski definition) is 1. The summed E-state index contributed by atoms with van der Waals surface area (Å²) in [6, 6.07) is 19.2. The second-order valence-electron chi connectivity index (χ2n) is 6.14. The Balaban J connectivity index is 2.11. The molecule has 0 spiro atoms. The van der Waals surface area contributed by atoms with Gasteiger partial charge >= 0.3 is 0 Å². The zero-order chi connectivity index (χ0) is 16.5. The van der Waals surface area contributed by atoms with Crippen molar-refractivity contribution >= 4 is 0 Å². The van der Waals surface area contributed by atoms with E-state index in [4.69, 9.17) is 0 Å². The van der Waals surface area contributed by atoms with Crippen LogP contribution in [0.15, 0.2) is 60.7 Å². The lowest BCUT2D eigenvalue weighted by atomic mass is 9.97. The van der Waals surface area contributed by atoms with Gasteiger partial charge in [0.2, 0.25) is 0 Å². The van der Waals surface area contributed by atoms with E-state index in [0.717, 1.165) is 40.5 Å². The summed E-state index contributed by atoms with van der Waals surface area (Å²) in [5, 5.41) is 10.9. The van der Waals surface area contributed by atoms with E-state index in [1.807, 2.05) is 60.7 Å². The predicted octanol–water partition coefficient (Wildman–Crippen LogP) is 3.85. The average Bonchev–Trinajstić information content (AvgIpc) is 2.66. The summed E-state index contributed by atoms with van der Waals surface area (Å²) >= 11 is 0. The summed E-state index contributed by atoms with van der Waals surface area (Å²) in [7, 11) is 0. The van der Waals surface area contributed by atoms with Crippen LogP contribution in [-0.2, 0) is 12.8 Å². The van der Waals surface area contributed by atoms with E-state index in [1.54, 1.807) is 0 Å². The van der Waals surface area contributed by atoms with Crippen LogP contribution in [0.5, 0.6) is 0 Å². The summed E-state index contributed by atoms with van der Waals surface area (Å²) < 4.78 is 2.26. The maximum atomic E-state index is 13.2. The molecule has 0 radical (unpaired) electrons. The lowest BCUT2D eigenvalue weighted by molar-refractivity contribution is -0.494. The quantitative estimate of drug-likeness (QED) is 0.576. The summed E-state index contributed by atoms with van der Waals surface area (Å²) in [5.74, 6) is 0. The van der Waals surface area contributed by atoms with Gasteiger partial charge in [0.05, 0.1) is 9.99 Å². The van der Waals surface area contributed by atoms with Gasteiger partial charge in [0.1, 0.15) is 5.69 Å². The molecule has 120 valence electrons. The van der Waals surface area contributed by atoms with Gasteiger partial charge in [-0.05, 0) is 31.4 Å². The fraction of sp³-hybridized carbons (Fsp3) is 0.200. The smallest absolute Gasteiger partial charge is 0.297 e.